The monoisotopic (exact) mass is 340 g/mol. The van der Waals surface area contributed by atoms with Crippen LogP contribution in [0.2, 0.25) is 0 Å². The molecule has 0 spiro atoms. The molecule has 2 heterocycles. The molecule has 1 aromatic carbocycles. The molecule has 1 aliphatic heterocycles. The highest BCUT2D eigenvalue weighted by molar-refractivity contribution is 5.95. The van der Waals surface area contributed by atoms with Crippen LogP contribution in [0.5, 0.6) is 5.75 Å². The van der Waals surface area contributed by atoms with Gasteiger partial charge >= 0.3 is 0 Å². The van der Waals surface area contributed by atoms with E-state index in [-0.39, 0.29) is 11.9 Å². The highest BCUT2D eigenvalue weighted by Gasteiger charge is 2.33. The van der Waals surface area contributed by atoms with E-state index in [0.717, 1.165) is 18.4 Å². The fourth-order valence-electron chi connectivity index (χ4n) is 3.38. The number of aliphatic hydroxyl groups is 1. The van der Waals surface area contributed by atoms with E-state index < -0.39 is 6.10 Å². The van der Waals surface area contributed by atoms with E-state index >= 15 is 0 Å². The Balaban J connectivity index is 1.74. The Bertz CT molecular complexity index is 705. The topological polar surface area (TPSA) is 62.7 Å². The molecule has 5 nitrogen and oxygen atoms in total. The summed E-state index contributed by atoms with van der Waals surface area (Å²) in [7, 11) is 0. The van der Waals surface area contributed by atoms with Gasteiger partial charge in [-0.3, -0.25) is 4.79 Å². The van der Waals surface area contributed by atoms with Crippen LogP contribution in [-0.4, -0.2) is 40.1 Å². The van der Waals surface area contributed by atoms with E-state index in [1.54, 1.807) is 18.3 Å². The molecule has 0 saturated carbocycles. The number of benzene rings is 1. The molecule has 25 heavy (non-hydrogen) atoms. The van der Waals surface area contributed by atoms with Gasteiger partial charge in [-0.05, 0) is 43.9 Å². The van der Waals surface area contributed by atoms with Crippen molar-refractivity contribution in [1.82, 2.24) is 9.88 Å². The molecule has 1 N–H and O–H groups in total. The first-order valence-electron chi connectivity index (χ1n) is 8.82. The second-order valence-corrected chi connectivity index (χ2v) is 6.24. The summed E-state index contributed by atoms with van der Waals surface area (Å²) in [4.78, 5) is 19.0. The summed E-state index contributed by atoms with van der Waals surface area (Å²) in [6.07, 6.45) is 3.41. The number of nitrogens with zero attached hydrogens (tertiary/aromatic N) is 2. The molecule has 1 fully saturated rings. The summed E-state index contributed by atoms with van der Waals surface area (Å²) < 4.78 is 5.54. The Morgan fingerprint density at radius 3 is 2.88 bits per heavy atom. The van der Waals surface area contributed by atoms with E-state index in [2.05, 4.69) is 4.98 Å². The van der Waals surface area contributed by atoms with Crippen LogP contribution in [0.25, 0.3) is 0 Å². The van der Waals surface area contributed by atoms with E-state index in [1.807, 2.05) is 42.2 Å². The molecule has 3 rings (SSSR count). The third kappa shape index (κ3) is 3.99. The molecule has 1 amide bonds. The van der Waals surface area contributed by atoms with Crippen molar-refractivity contribution in [2.75, 3.05) is 13.2 Å². The van der Waals surface area contributed by atoms with Crippen LogP contribution in [0.1, 0.15) is 48.3 Å². The molecular formula is C20H24N2O3. The van der Waals surface area contributed by atoms with Gasteiger partial charge in [0.15, 0.2) is 11.4 Å². The molecule has 2 atom stereocenters. The molecule has 1 saturated heterocycles. The number of hydrogen-bond acceptors (Lipinski definition) is 4. The zero-order valence-electron chi connectivity index (χ0n) is 14.5. The lowest BCUT2D eigenvalue weighted by Crippen LogP contribution is -2.37. The van der Waals surface area contributed by atoms with Crippen molar-refractivity contribution in [3.63, 3.8) is 0 Å². The maximum Gasteiger partial charge on any atom is 0.276 e. The van der Waals surface area contributed by atoms with Gasteiger partial charge in [0.1, 0.15) is 0 Å². The number of pyridine rings is 1. The smallest absolute Gasteiger partial charge is 0.276 e. The number of carbonyl (C=O) groups is 1. The average molecular weight is 340 g/mol. The summed E-state index contributed by atoms with van der Waals surface area (Å²) in [6, 6.07) is 13.1. The number of hydrogen-bond donors (Lipinski definition) is 1. The quantitative estimate of drug-likeness (QED) is 0.877. The summed E-state index contributed by atoms with van der Waals surface area (Å²) in [6.45, 7) is 3.06. The maximum absolute atomic E-state index is 13.0. The van der Waals surface area contributed by atoms with Crippen LogP contribution in [0.4, 0.5) is 0 Å². The van der Waals surface area contributed by atoms with Crippen LogP contribution in [-0.2, 0) is 0 Å². The van der Waals surface area contributed by atoms with Gasteiger partial charge in [-0.25, -0.2) is 4.98 Å². The fourth-order valence-corrected chi connectivity index (χ4v) is 3.38. The molecule has 2 aromatic rings. The second-order valence-electron chi connectivity index (χ2n) is 6.24. The Labute approximate surface area is 148 Å². The number of aliphatic hydroxyl groups excluding tert-OH is 1. The third-order valence-electron chi connectivity index (χ3n) is 4.59. The van der Waals surface area contributed by atoms with Crippen molar-refractivity contribution in [2.45, 2.75) is 38.3 Å². The van der Waals surface area contributed by atoms with Crippen LogP contribution < -0.4 is 4.74 Å². The highest BCUT2D eigenvalue weighted by Crippen LogP contribution is 2.29. The van der Waals surface area contributed by atoms with E-state index in [4.69, 9.17) is 4.74 Å². The Hall–Kier alpha value is -2.40. The maximum atomic E-state index is 13.0. The number of aromatic nitrogens is 1. The molecule has 0 aliphatic carbocycles. The van der Waals surface area contributed by atoms with Crippen molar-refractivity contribution in [1.29, 1.82) is 0 Å². The molecular weight excluding hydrogens is 316 g/mol. The van der Waals surface area contributed by atoms with E-state index in [1.165, 1.54) is 0 Å². The van der Waals surface area contributed by atoms with Gasteiger partial charge in [0.05, 0.1) is 12.7 Å². The second kappa shape index (κ2) is 8.12. The molecule has 5 heteroatoms. The number of rotatable bonds is 6. The van der Waals surface area contributed by atoms with Gasteiger partial charge in [0.25, 0.3) is 5.91 Å². The summed E-state index contributed by atoms with van der Waals surface area (Å²) in [5.41, 5.74) is 1.24. The van der Waals surface area contributed by atoms with Crippen LogP contribution in [0.15, 0.2) is 48.7 Å². The van der Waals surface area contributed by atoms with Crippen LogP contribution >= 0.6 is 0 Å². The lowest BCUT2D eigenvalue weighted by Gasteiger charge is -2.27. The minimum Gasteiger partial charge on any atom is -0.491 e. The van der Waals surface area contributed by atoms with Crippen molar-refractivity contribution < 1.29 is 14.6 Å². The van der Waals surface area contributed by atoms with Crippen molar-refractivity contribution in [3.8, 4) is 5.75 Å². The van der Waals surface area contributed by atoms with Gasteiger partial charge in [-0.1, -0.05) is 30.3 Å². The van der Waals surface area contributed by atoms with Gasteiger partial charge in [-0.15, -0.1) is 0 Å². The van der Waals surface area contributed by atoms with E-state index in [9.17, 15) is 9.90 Å². The average Bonchev–Trinajstić information content (AvgIpc) is 3.10. The predicted octanol–water partition coefficient (Wildman–Crippen LogP) is 3.21. The zero-order chi connectivity index (χ0) is 17.6. The minimum absolute atomic E-state index is 0.0131. The number of likely N-dealkylation sites (tertiary alicyclic amines) is 1. The fraction of sp³-hybridized carbons (Fsp3) is 0.400. The van der Waals surface area contributed by atoms with E-state index in [0.29, 0.717) is 31.0 Å². The molecule has 1 aliphatic rings. The molecule has 0 radical (unpaired) electrons. The number of ether oxygens (including phenoxy) is 1. The normalized spacial score (nSPS) is 18.2. The molecule has 2 unspecified atom stereocenters. The Morgan fingerprint density at radius 2 is 2.12 bits per heavy atom. The first kappa shape index (κ1) is 17.4. The SMILES string of the molecule is CCOc1cccnc1C(=O)N1CCCC1CC(O)c1ccccc1. The van der Waals surface area contributed by atoms with Crippen LogP contribution in [0, 0.1) is 0 Å². The zero-order valence-corrected chi connectivity index (χ0v) is 14.5. The van der Waals surface area contributed by atoms with Gasteiger partial charge in [0, 0.05) is 18.8 Å². The van der Waals surface area contributed by atoms with Gasteiger partial charge < -0.3 is 14.7 Å². The molecule has 0 bridgehead atoms. The summed E-state index contributed by atoms with van der Waals surface area (Å²) in [5.74, 6) is 0.399. The predicted molar refractivity (Wildman–Crippen MR) is 95.5 cm³/mol. The standard InChI is InChI=1S/C20H24N2O3/c1-2-25-18-11-6-12-21-19(18)20(24)22-13-7-10-16(22)14-17(23)15-8-4-3-5-9-15/h3-6,8-9,11-12,16-17,23H,2,7,10,13-14H2,1H3. The summed E-state index contributed by atoms with van der Waals surface area (Å²) >= 11 is 0. The summed E-state index contributed by atoms with van der Waals surface area (Å²) in [5, 5.41) is 10.5. The molecule has 1 aromatic heterocycles. The van der Waals surface area contributed by atoms with Crippen molar-refractivity contribution in [3.05, 3.63) is 59.9 Å². The number of carbonyl (C=O) groups excluding carboxylic acids is 1. The van der Waals surface area contributed by atoms with Crippen molar-refractivity contribution in [2.24, 2.45) is 0 Å². The highest BCUT2D eigenvalue weighted by atomic mass is 16.5. The largest absolute Gasteiger partial charge is 0.491 e. The van der Waals surface area contributed by atoms with Crippen molar-refractivity contribution >= 4 is 5.91 Å². The number of amides is 1. The molecule has 132 valence electrons. The lowest BCUT2D eigenvalue weighted by molar-refractivity contribution is 0.0657. The lowest BCUT2D eigenvalue weighted by atomic mass is 10.0. The van der Waals surface area contributed by atoms with Crippen LogP contribution in [0.3, 0.4) is 0 Å². The third-order valence-corrected chi connectivity index (χ3v) is 4.59. The Morgan fingerprint density at radius 1 is 1.32 bits per heavy atom. The van der Waals surface area contributed by atoms with Gasteiger partial charge in [0.2, 0.25) is 0 Å². The minimum atomic E-state index is -0.574. The Kier molecular flexibility index (Phi) is 5.66. The first-order chi connectivity index (χ1) is 12.2. The van der Waals surface area contributed by atoms with Gasteiger partial charge in [-0.2, -0.15) is 0 Å². The first-order valence-corrected chi connectivity index (χ1v) is 8.82.